The number of aromatic nitrogens is 3. The number of halogens is 1. The average molecular weight is 242 g/mol. The van der Waals surface area contributed by atoms with E-state index in [0.717, 1.165) is 10.1 Å². The summed E-state index contributed by atoms with van der Waals surface area (Å²) in [6.07, 6.45) is 2.33. The zero-order valence-electron chi connectivity index (χ0n) is 6.81. The number of hydrogen-bond acceptors (Lipinski definition) is 3. The number of pyridine rings is 1. The SMILES string of the molecule is OCCc1nc2cc(Br)ccn2n1. The summed E-state index contributed by atoms with van der Waals surface area (Å²) in [4.78, 5) is 4.23. The molecule has 5 heteroatoms. The van der Waals surface area contributed by atoms with E-state index < -0.39 is 0 Å². The van der Waals surface area contributed by atoms with Crippen LogP contribution in [-0.4, -0.2) is 26.3 Å². The van der Waals surface area contributed by atoms with Crippen molar-refractivity contribution in [2.75, 3.05) is 6.61 Å². The number of aliphatic hydroxyl groups is 1. The van der Waals surface area contributed by atoms with Crippen LogP contribution in [0.1, 0.15) is 5.82 Å². The Bertz CT molecular complexity index is 426. The quantitative estimate of drug-likeness (QED) is 0.855. The monoisotopic (exact) mass is 241 g/mol. The zero-order valence-corrected chi connectivity index (χ0v) is 8.40. The van der Waals surface area contributed by atoms with Crippen LogP contribution >= 0.6 is 15.9 Å². The molecule has 0 bridgehead atoms. The predicted octanol–water partition coefficient (Wildman–Crippen LogP) is 1.03. The third-order valence-electron chi connectivity index (χ3n) is 1.68. The lowest BCUT2D eigenvalue weighted by molar-refractivity contribution is 0.296. The van der Waals surface area contributed by atoms with Gasteiger partial charge in [0.25, 0.3) is 0 Å². The molecule has 0 aromatic carbocycles. The molecule has 1 N–H and O–H groups in total. The Morgan fingerprint density at radius 1 is 1.54 bits per heavy atom. The Balaban J connectivity index is 2.49. The summed E-state index contributed by atoms with van der Waals surface area (Å²) < 4.78 is 2.67. The Hall–Kier alpha value is -0.940. The van der Waals surface area contributed by atoms with Crippen LogP contribution in [-0.2, 0) is 6.42 Å². The lowest BCUT2D eigenvalue weighted by Gasteiger charge is -1.89. The van der Waals surface area contributed by atoms with E-state index in [9.17, 15) is 0 Å². The van der Waals surface area contributed by atoms with Crippen LogP contribution in [0.4, 0.5) is 0 Å². The van der Waals surface area contributed by atoms with Crippen LogP contribution in [0.15, 0.2) is 22.8 Å². The molecule has 2 aromatic heterocycles. The fourth-order valence-corrected chi connectivity index (χ4v) is 1.43. The van der Waals surface area contributed by atoms with Crippen LogP contribution in [0.25, 0.3) is 5.65 Å². The molecule has 0 unspecified atom stereocenters. The van der Waals surface area contributed by atoms with Gasteiger partial charge >= 0.3 is 0 Å². The lowest BCUT2D eigenvalue weighted by atomic mass is 10.4. The molecular formula is C8H8BrN3O. The van der Waals surface area contributed by atoms with Crippen molar-refractivity contribution < 1.29 is 5.11 Å². The molecule has 0 aliphatic carbocycles. The second kappa shape index (κ2) is 3.43. The molecule has 13 heavy (non-hydrogen) atoms. The van der Waals surface area contributed by atoms with Crippen molar-refractivity contribution in [3.63, 3.8) is 0 Å². The van der Waals surface area contributed by atoms with Crippen molar-refractivity contribution in [2.45, 2.75) is 6.42 Å². The average Bonchev–Trinajstić information content (AvgIpc) is 2.46. The van der Waals surface area contributed by atoms with E-state index in [4.69, 9.17) is 5.11 Å². The Morgan fingerprint density at radius 2 is 2.38 bits per heavy atom. The van der Waals surface area contributed by atoms with Crippen molar-refractivity contribution in [2.24, 2.45) is 0 Å². The number of hydrogen-bond donors (Lipinski definition) is 1. The third-order valence-corrected chi connectivity index (χ3v) is 2.17. The van der Waals surface area contributed by atoms with Gasteiger partial charge in [0, 0.05) is 17.1 Å². The van der Waals surface area contributed by atoms with E-state index in [2.05, 4.69) is 26.0 Å². The summed E-state index contributed by atoms with van der Waals surface area (Å²) >= 11 is 3.35. The van der Waals surface area contributed by atoms with Crippen molar-refractivity contribution in [1.29, 1.82) is 0 Å². The van der Waals surface area contributed by atoms with Crippen molar-refractivity contribution in [1.82, 2.24) is 14.6 Å². The standard InChI is InChI=1S/C8H8BrN3O/c9-6-1-3-12-8(5-6)10-7(11-12)2-4-13/h1,3,5,13H,2,4H2. The van der Waals surface area contributed by atoms with E-state index in [1.807, 2.05) is 18.3 Å². The molecule has 0 spiro atoms. The van der Waals surface area contributed by atoms with Crippen LogP contribution in [0.3, 0.4) is 0 Å². The van der Waals surface area contributed by atoms with Crippen LogP contribution in [0.2, 0.25) is 0 Å². The molecule has 0 saturated carbocycles. The van der Waals surface area contributed by atoms with Gasteiger partial charge in [0.1, 0.15) is 0 Å². The molecular weight excluding hydrogens is 234 g/mol. The Kier molecular flexibility index (Phi) is 2.28. The first kappa shape index (κ1) is 8.65. The number of nitrogens with zero attached hydrogens (tertiary/aromatic N) is 3. The van der Waals surface area contributed by atoms with Gasteiger partial charge in [0.15, 0.2) is 11.5 Å². The summed E-state index contributed by atoms with van der Waals surface area (Å²) in [5, 5.41) is 12.9. The van der Waals surface area contributed by atoms with Crippen molar-refractivity contribution in [3.05, 3.63) is 28.6 Å². The highest BCUT2D eigenvalue weighted by atomic mass is 79.9. The van der Waals surface area contributed by atoms with Gasteiger partial charge in [0.05, 0.1) is 6.61 Å². The fraction of sp³-hybridized carbons (Fsp3) is 0.250. The minimum atomic E-state index is 0.0814. The largest absolute Gasteiger partial charge is 0.396 e. The molecule has 0 radical (unpaired) electrons. The second-order valence-corrected chi connectivity index (χ2v) is 3.57. The highest BCUT2D eigenvalue weighted by Gasteiger charge is 2.02. The Morgan fingerprint density at radius 3 is 3.15 bits per heavy atom. The molecule has 4 nitrogen and oxygen atoms in total. The molecule has 0 saturated heterocycles. The minimum Gasteiger partial charge on any atom is -0.396 e. The van der Waals surface area contributed by atoms with Gasteiger partial charge < -0.3 is 5.11 Å². The lowest BCUT2D eigenvalue weighted by Crippen LogP contribution is -1.93. The van der Waals surface area contributed by atoms with Crippen molar-refractivity contribution in [3.8, 4) is 0 Å². The van der Waals surface area contributed by atoms with Crippen molar-refractivity contribution >= 4 is 21.6 Å². The maximum atomic E-state index is 8.70. The van der Waals surface area contributed by atoms with Crippen LogP contribution < -0.4 is 0 Å². The van der Waals surface area contributed by atoms with E-state index in [-0.39, 0.29) is 6.61 Å². The van der Waals surface area contributed by atoms with Gasteiger partial charge in [-0.2, -0.15) is 5.10 Å². The zero-order chi connectivity index (χ0) is 9.26. The third kappa shape index (κ3) is 1.71. The van der Waals surface area contributed by atoms with Crippen LogP contribution in [0, 0.1) is 0 Å². The molecule has 2 rings (SSSR count). The summed E-state index contributed by atoms with van der Waals surface area (Å²) in [6.45, 7) is 0.0814. The van der Waals surface area contributed by atoms with E-state index in [1.165, 1.54) is 0 Å². The van der Waals surface area contributed by atoms with Gasteiger partial charge in [-0.05, 0) is 12.1 Å². The van der Waals surface area contributed by atoms with Gasteiger partial charge in [-0.25, -0.2) is 9.50 Å². The highest BCUT2D eigenvalue weighted by Crippen LogP contribution is 2.11. The molecule has 68 valence electrons. The van der Waals surface area contributed by atoms with E-state index in [1.54, 1.807) is 4.52 Å². The van der Waals surface area contributed by atoms with Gasteiger partial charge in [-0.3, -0.25) is 0 Å². The number of rotatable bonds is 2. The molecule has 0 aliphatic rings. The normalized spacial score (nSPS) is 10.9. The van der Waals surface area contributed by atoms with E-state index >= 15 is 0 Å². The molecule has 0 atom stereocenters. The number of fused-ring (bicyclic) bond motifs is 1. The smallest absolute Gasteiger partial charge is 0.156 e. The van der Waals surface area contributed by atoms with Gasteiger partial charge in [-0.1, -0.05) is 15.9 Å². The molecule has 2 aromatic rings. The highest BCUT2D eigenvalue weighted by molar-refractivity contribution is 9.10. The van der Waals surface area contributed by atoms with Crippen LogP contribution in [0.5, 0.6) is 0 Å². The molecule has 0 aliphatic heterocycles. The van der Waals surface area contributed by atoms with Gasteiger partial charge in [-0.15, -0.1) is 0 Å². The fourth-order valence-electron chi connectivity index (χ4n) is 1.11. The molecule has 2 heterocycles. The summed E-state index contributed by atoms with van der Waals surface area (Å²) in [7, 11) is 0. The summed E-state index contributed by atoms with van der Waals surface area (Å²) in [6, 6.07) is 3.78. The first-order valence-corrected chi connectivity index (χ1v) is 4.70. The summed E-state index contributed by atoms with van der Waals surface area (Å²) in [5.74, 6) is 0.667. The Labute approximate surface area is 83.3 Å². The molecule has 0 amide bonds. The molecule has 0 fully saturated rings. The summed E-state index contributed by atoms with van der Waals surface area (Å²) in [5.41, 5.74) is 0.790. The first-order chi connectivity index (χ1) is 6.29. The minimum absolute atomic E-state index is 0.0814. The number of aliphatic hydroxyl groups excluding tert-OH is 1. The van der Waals surface area contributed by atoms with E-state index in [0.29, 0.717) is 12.2 Å². The first-order valence-electron chi connectivity index (χ1n) is 3.91. The maximum absolute atomic E-state index is 8.70. The second-order valence-electron chi connectivity index (χ2n) is 2.65. The van der Waals surface area contributed by atoms with Gasteiger partial charge in [0.2, 0.25) is 0 Å². The topological polar surface area (TPSA) is 50.4 Å². The maximum Gasteiger partial charge on any atom is 0.156 e. The predicted molar refractivity (Wildman–Crippen MR) is 51.5 cm³/mol.